The molecule has 0 spiro atoms. The molecule has 0 heterocycles. The normalized spacial score (nSPS) is 18.6. The molecule has 0 radical (unpaired) electrons. The average Bonchev–Trinajstić information content (AvgIpc) is 2.86. The molecule has 0 amide bonds. The third kappa shape index (κ3) is 7.66. The highest BCUT2D eigenvalue weighted by molar-refractivity contribution is 5.84. The van der Waals surface area contributed by atoms with Crippen molar-refractivity contribution in [3.05, 3.63) is 0 Å². The summed E-state index contributed by atoms with van der Waals surface area (Å²) in [6, 6.07) is 0. The van der Waals surface area contributed by atoms with Crippen molar-refractivity contribution >= 4 is 18.2 Å². The van der Waals surface area contributed by atoms with E-state index >= 15 is 0 Å². The van der Waals surface area contributed by atoms with Crippen LogP contribution in [-0.2, 0) is 14.4 Å². The van der Waals surface area contributed by atoms with Crippen molar-refractivity contribution < 1.29 is 24.6 Å². The highest BCUT2D eigenvalue weighted by Crippen LogP contribution is 2.28. The van der Waals surface area contributed by atoms with Gasteiger partial charge in [-0.1, -0.05) is 6.92 Å². The number of hydrogen-bond acceptors (Lipinski definition) is 3. The van der Waals surface area contributed by atoms with Crippen LogP contribution in [0.4, 0.5) is 0 Å². The number of hydrogen-bond donors (Lipinski definition) is 2. The molecule has 5 nitrogen and oxygen atoms in total. The van der Waals surface area contributed by atoms with Crippen molar-refractivity contribution in [1.29, 1.82) is 0 Å². The lowest BCUT2D eigenvalue weighted by molar-refractivity contribution is -0.138. The number of carboxylic acid groups (broad SMARTS) is 2. The second-order valence-corrected chi connectivity index (χ2v) is 3.77. The Morgan fingerprint density at radius 3 is 1.80 bits per heavy atom. The minimum atomic E-state index is -0.630. The van der Waals surface area contributed by atoms with E-state index in [-0.39, 0.29) is 12.4 Å². The van der Waals surface area contributed by atoms with E-state index in [9.17, 15) is 9.59 Å². The first-order valence-electron chi connectivity index (χ1n) is 4.83. The van der Waals surface area contributed by atoms with Gasteiger partial charge in [0.15, 0.2) is 0 Å². The minimum absolute atomic E-state index is 0.0185. The van der Waals surface area contributed by atoms with Crippen LogP contribution < -0.4 is 0 Å². The van der Waals surface area contributed by atoms with Crippen LogP contribution in [0.1, 0.15) is 32.6 Å². The number of Topliss-reactive ketones (excluding diaryl/α,β-unsaturated/α-hetero) is 1. The van der Waals surface area contributed by atoms with Crippen LogP contribution in [0.5, 0.6) is 0 Å². The van der Waals surface area contributed by atoms with Gasteiger partial charge in [-0.25, -0.2) is 0 Å². The Kier molecular flexibility index (Phi) is 6.33. The van der Waals surface area contributed by atoms with Gasteiger partial charge in [0.25, 0.3) is 6.47 Å². The summed E-state index contributed by atoms with van der Waals surface area (Å²) in [6.45, 7) is 1.85. The van der Waals surface area contributed by atoms with Crippen molar-refractivity contribution in [1.82, 2.24) is 0 Å². The molecule has 0 saturated heterocycles. The molecule has 2 rings (SSSR count). The summed E-state index contributed by atoms with van der Waals surface area (Å²) >= 11 is 0. The molecule has 86 valence electrons. The number of carbonyl (C=O) groups is 3. The molecule has 2 aliphatic carbocycles. The lowest BCUT2D eigenvalue weighted by Crippen LogP contribution is -2.19. The van der Waals surface area contributed by atoms with E-state index < -0.39 is 5.97 Å². The Labute approximate surface area is 88.1 Å². The first-order chi connectivity index (χ1) is 7.01. The number of carboxylic acids is 1. The van der Waals surface area contributed by atoms with E-state index in [4.69, 9.17) is 15.0 Å². The van der Waals surface area contributed by atoms with Gasteiger partial charge in [-0.15, -0.1) is 0 Å². The molecule has 0 bridgehead atoms. The fraction of sp³-hybridized carbons (Fsp3) is 0.700. The van der Waals surface area contributed by atoms with Crippen LogP contribution in [0, 0.1) is 11.8 Å². The summed E-state index contributed by atoms with van der Waals surface area (Å²) in [6.07, 6.45) is 3.46. The van der Waals surface area contributed by atoms with Crippen molar-refractivity contribution in [2.45, 2.75) is 32.6 Å². The predicted octanol–water partition coefficient (Wildman–Crippen LogP) is 1.17. The van der Waals surface area contributed by atoms with Gasteiger partial charge in [0.1, 0.15) is 5.78 Å². The highest BCUT2D eigenvalue weighted by atomic mass is 16.4. The van der Waals surface area contributed by atoms with Crippen molar-refractivity contribution in [3.63, 3.8) is 0 Å². The fourth-order valence-electron chi connectivity index (χ4n) is 1.05. The average molecular weight is 216 g/mol. The zero-order valence-electron chi connectivity index (χ0n) is 8.68. The van der Waals surface area contributed by atoms with Crippen LogP contribution in [0.15, 0.2) is 0 Å². The largest absolute Gasteiger partial charge is 0.483 e. The lowest BCUT2D eigenvalue weighted by Gasteiger charge is -2.17. The molecule has 0 aromatic heterocycles. The topological polar surface area (TPSA) is 91.7 Å². The van der Waals surface area contributed by atoms with Gasteiger partial charge in [0.05, 0.1) is 5.92 Å². The third-order valence-corrected chi connectivity index (χ3v) is 2.08. The van der Waals surface area contributed by atoms with Gasteiger partial charge in [-0.05, 0) is 18.8 Å². The Morgan fingerprint density at radius 1 is 1.40 bits per heavy atom. The van der Waals surface area contributed by atoms with Gasteiger partial charge in [-0.2, -0.15) is 0 Å². The summed E-state index contributed by atoms with van der Waals surface area (Å²) in [5, 5.41) is 14.9. The van der Waals surface area contributed by atoms with E-state index in [1.165, 1.54) is 0 Å². The van der Waals surface area contributed by atoms with Crippen LogP contribution in [0.3, 0.4) is 0 Å². The molecule has 2 N–H and O–H groups in total. The summed E-state index contributed by atoms with van der Waals surface area (Å²) in [7, 11) is 0. The number of aliphatic carboxylic acids is 1. The Morgan fingerprint density at radius 2 is 1.80 bits per heavy atom. The molecule has 2 fully saturated rings. The molecule has 5 heteroatoms. The summed E-state index contributed by atoms with van der Waals surface area (Å²) in [5.74, 6) is 0.514. The Hall–Kier alpha value is -1.39. The van der Waals surface area contributed by atoms with Crippen LogP contribution in [0.2, 0.25) is 0 Å². The molecular weight excluding hydrogens is 200 g/mol. The number of carbonyl (C=O) groups excluding carboxylic acids is 1. The SMILES string of the molecule is CC1CC(=O)C1.O=C(O)C1CC1.O=CO. The molecule has 0 aromatic carbocycles. The standard InChI is InChI=1S/C5H8O.C4H6O2.CH2O2/c1-4-2-5(6)3-4;5-4(6)3-1-2-3;2-1-3/h4H,2-3H2,1H3;3H,1-2H2,(H,5,6);1H,(H,2,3). The van der Waals surface area contributed by atoms with Gasteiger partial charge in [0.2, 0.25) is 0 Å². The van der Waals surface area contributed by atoms with Crippen LogP contribution >= 0.6 is 0 Å². The summed E-state index contributed by atoms with van der Waals surface area (Å²) < 4.78 is 0. The summed E-state index contributed by atoms with van der Waals surface area (Å²) in [5.41, 5.74) is 0. The second kappa shape index (κ2) is 6.98. The minimum Gasteiger partial charge on any atom is -0.483 e. The Balaban J connectivity index is 0.000000210. The van der Waals surface area contributed by atoms with E-state index in [0.717, 1.165) is 25.7 Å². The van der Waals surface area contributed by atoms with Crippen LogP contribution in [0.25, 0.3) is 0 Å². The van der Waals surface area contributed by atoms with Crippen molar-refractivity contribution in [2.24, 2.45) is 11.8 Å². The third-order valence-electron chi connectivity index (χ3n) is 2.08. The number of rotatable bonds is 1. The first kappa shape index (κ1) is 13.6. The predicted molar refractivity (Wildman–Crippen MR) is 52.5 cm³/mol. The molecular formula is C10H16O5. The smallest absolute Gasteiger partial charge is 0.306 e. The molecule has 0 unspecified atom stereocenters. The number of ketones is 1. The molecule has 0 aromatic rings. The zero-order valence-corrected chi connectivity index (χ0v) is 8.68. The van der Waals surface area contributed by atoms with E-state index in [1.807, 2.05) is 0 Å². The van der Waals surface area contributed by atoms with Gasteiger partial charge in [-0.3, -0.25) is 14.4 Å². The first-order valence-corrected chi connectivity index (χ1v) is 4.83. The zero-order chi connectivity index (χ0) is 11.8. The van der Waals surface area contributed by atoms with E-state index in [2.05, 4.69) is 6.92 Å². The molecule has 15 heavy (non-hydrogen) atoms. The maximum atomic E-state index is 10.1. The summed E-state index contributed by atoms with van der Waals surface area (Å²) in [4.78, 5) is 28.2. The van der Waals surface area contributed by atoms with Crippen molar-refractivity contribution in [2.75, 3.05) is 0 Å². The fourth-order valence-corrected chi connectivity index (χ4v) is 1.05. The maximum Gasteiger partial charge on any atom is 0.306 e. The monoisotopic (exact) mass is 216 g/mol. The highest BCUT2D eigenvalue weighted by Gasteiger charge is 2.28. The Bertz CT molecular complexity index is 224. The molecule has 0 atom stereocenters. The van der Waals surface area contributed by atoms with E-state index in [0.29, 0.717) is 11.7 Å². The van der Waals surface area contributed by atoms with Gasteiger partial charge < -0.3 is 10.2 Å². The second-order valence-electron chi connectivity index (χ2n) is 3.77. The van der Waals surface area contributed by atoms with Crippen molar-refractivity contribution in [3.8, 4) is 0 Å². The van der Waals surface area contributed by atoms with Crippen LogP contribution in [-0.4, -0.2) is 28.4 Å². The van der Waals surface area contributed by atoms with Gasteiger partial charge >= 0.3 is 5.97 Å². The lowest BCUT2D eigenvalue weighted by atomic mass is 9.86. The molecule has 2 aliphatic rings. The van der Waals surface area contributed by atoms with Gasteiger partial charge in [0, 0.05) is 12.8 Å². The molecule has 0 aliphatic heterocycles. The maximum absolute atomic E-state index is 10.1. The quantitative estimate of drug-likeness (QED) is 0.642. The van der Waals surface area contributed by atoms with E-state index in [1.54, 1.807) is 0 Å². The molecule has 2 saturated carbocycles.